The lowest BCUT2D eigenvalue weighted by molar-refractivity contribution is -0.149. The number of benzene rings is 1. The molecule has 0 bridgehead atoms. The fraction of sp³-hybridized carbons (Fsp3) is 0.500. The van der Waals surface area contributed by atoms with Crippen LogP contribution in [0.15, 0.2) is 30.3 Å². The Morgan fingerprint density at radius 1 is 1.28 bits per heavy atom. The Kier molecular flexibility index (Phi) is 5.31. The molecule has 18 heavy (non-hydrogen) atoms. The lowest BCUT2D eigenvalue weighted by Gasteiger charge is -2.21. The van der Waals surface area contributed by atoms with E-state index in [1.54, 1.807) is 0 Å². The molecule has 0 saturated carbocycles. The molecule has 4 nitrogen and oxygen atoms in total. The zero-order valence-electron chi connectivity index (χ0n) is 11.2. The van der Waals surface area contributed by atoms with Crippen LogP contribution in [0.3, 0.4) is 0 Å². The first-order valence-electron chi connectivity index (χ1n) is 5.98. The highest BCUT2D eigenvalue weighted by molar-refractivity contribution is 5.75. The largest absolute Gasteiger partial charge is 0.460 e. The Hall–Kier alpha value is -1.39. The predicted molar refractivity (Wildman–Crippen MR) is 69.9 cm³/mol. The molecule has 0 radical (unpaired) electrons. The maximum absolute atomic E-state index is 11.6. The van der Waals surface area contributed by atoms with Crippen molar-refractivity contribution < 1.29 is 14.3 Å². The normalized spacial score (nSPS) is 13.1. The minimum Gasteiger partial charge on any atom is -0.460 e. The van der Waals surface area contributed by atoms with E-state index < -0.39 is 12.0 Å². The third-order valence-corrected chi connectivity index (χ3v) is 2.22. The van der Waals surface area contributed by atoms with Crippen molar-refractivity contribution in [2.75, 3.05) is 6.61 Å². The second-order valence-corrected chi connectivity index (χ2v) is 5.12. The molecule has 0 saturated heterocycles. The van der Waals surface area contributed by atoms with Gasteiger partial charge in [0.1, 0.15) is 12.6 Å². The van der Waals surface area contributed by atoms with Crippen molar-refractivity contribution in [3.05, 3.63) is 35.9 Å². The molecule has 0 aromatic heterocycles. The number of nitrogens with two attached hydrogens (primary N) is 1. The Bertz CT molecular complexity index is 370. The lowest BCUT2D eigenvalue weighted by atomic mass is 10.2. The Balaban J connectivity index is 2.32. The molecular weight excluding hydrogens is 230 g/mol. The van der Waals surface area contributed by atoms with Crippen LogP contribution in [-0.2, 0) is 20.9 Å². The molecule has 0 unspecified atom stereocenters. The topological polar surface area (TPSA) is 61.5 Å². The van der Waals surface area contributed by atoms with E-state index >= 15 is 0 Å². The average molecular weight is 251 g/mol. The molecule has 1 atom stereocenters. The average Bonchev–Trinajstić information content (AvgIpc) is 2.33. The second-order valence-electron chi connectivity index (χ2n) is 5.12. The first-order valence-corrected chi connectivity index (χ1v) is 5.98. The molecule has 0 spiro atoms. The van der Waals surface area contributed by atoms with Crippen molar-refractivity contribution in [1.29, 1.82) is 0 Å². The van der Waals surface area contributed by atoms with Crippen LogP contribution in [-0.4, -0.2) is 24.2 Å². The Morgan fingerprint density at radius 2 is 1.89 bits per heavy atom. The summed E-state index contributed by atoms with van der Waals surface area (Å²) in [6, 6.07) is 8.74. The van der Waals surface area contributed by atoms with Gasteiger partial charge in [0, 0.05) is 0 Å². The molecule has 0 heterocycles. The fourth-order valence-corrected chi connectivity index (χ4v) is 1.24. The molecule has 1 rings (SSSR count). The summed E-state index contributed by atoms with van der Waals surface area (Å²) in [7, 11) is 0. The van der Waals surface area contributed by atoms with Gasteiger partial charge in [0.05, 0.1) is 12.2 Å². The molecule has 100 valence electrons. The summed E-state index contributed by atoms with van der Waals surface area (Å²) in [5, 5.41) is 0. The van der Waals surface area contributed by atoms with E-state index in [0.29, 0.717) is 0 Å². The van der Waals surface area contributed by atoms with Crippen molar-refractivity contribution >= 4 is 5.97 Å². The van der Waals surface area contributed by atoms with Crippen LogP contribution in [0.4, 0.5) is 0 Å². The van der Waals surface area contributed by atoms with Crippen LogP contribution in [0, 0.1) is 0 Å². The first-order chi connectivity index (χ1) is 8.38. The molecule has 0 fully saturated rings. The number of hydrogen-bond donors (Lipinski definition) is 1. The van der Waals surface area contributed by atoms with Gasteiger partial charge in [0.2, 0.25) is 0 Å². The van der Waals surface area contributed by atoms with Gasteiger partial charge < -0.3 is 15.2 Å². The van der Waals surface area contributed by atoms with Crippen molar-refractivity contribution in [2.24, 2.45) is 5.73 Å². The van der Waals surface area contributed by atoms with Gasteiger partial charge in [-0.05, 0) is 26.3 Å². The van der Waals surface area contributed by atoms with Crippen molar-refractivity contribution in [3.63, 3.8) is 0 Å². The Labute approximate surface area is 108 Å². The highest BCUT2D eigenvalue weighted by atomic mass is 16.5. The fourth-order valence-electron chi connectivity index (χ4n) is 1.24. The summed E-state index contributed by atoms with van der Waals surface area (Å²) < 4.78 is 10.5. The summed E-state index contributed by atoms with van der Waals surface area (Å²) in [4.78, 5) is 11.6. The van der Waals surface area contributed by atoms with Crippen LogP contribution >= 0.6 is 0 Å². The molecule has 0 aliphatic rings. The smallest absolute Gasteiger partial charge is 0.325 e. The SMILES string of the molecule is CC(C)(C)OC[C@H](N)C(=O)OCc1ccccc1. The maximum Gasteiger partial charge on any atom is 0.325 e. The van der Waals surface area contributed by atoms with Gasteiger partial charge in [-0.2, -0.15) is 0 Å². The molecule has 1 aromatic carbocycles. The summed E-state index contributed by atoms with van der Waals surface area (Å²) in [5.74, 6) is -0.442. The second kappa shape index (κ2) is 6.52. The van der Waals surface area contributed by atoms with E-state index in [1.807, 2.05) is 51.1 Å². The van der Waals surface area contributed by atoms with E-state index in [1.165, 1.54) is 0 Å². The first kappa shape index (κ1) is 14.7. The number of carbonyl (C=O) groups is 1. The molecule has 0 aliphatic carbocycles. The predicted octanol–water partition coefficient (Wildman–Crippen LogP) is 1.87. The number of hydrogen-bond acceptors (Lipinski definition) is 4. The van der Waals surface area contributed by atoms with E-state index in [4.69, 9.17) is 15.2 Å². The van der Waals surface area contributed by atoms with Crippen LogP contribution in [0.2, 0.25) is 0 Å². The summed E-state index contributed by atoms with van der Waals surface area (Å²) >= 11 is 0. The van der Waals surface area contributed by atoms with E-state index in [2.05, 4.69) is 0 Å². The third-order valence-electron chi connectivity index (χ3n) is 2.22. The summed E-state index contributed by atoms with van der Waals surface area (Å²) in [5.41, 5.74) is 6.32. The molecule has 2 N–H and O–H groups in total. The zero-order valence-corrected chi connectivity index (χ0v) is 11.2. The number of rotatable bonds is 5. The van der Waals surface area contributed by atoms with Gasteiger partial charge in [-0.25, -0.2) is 0 Å². The maximum atomic E-state index is 11.6. The quantitative estimate of drug-likeness (QED) is 0.812. The Morgan fingerprint density at radius 3 is 2.44 bits per heavy atom. The van der Waals surface area contributed by atoms with Crippen LogP contribution in [0.25, 0.3) is 0 Å². The van der Waals surface area contributed by atoms with Crippen LogP contribution in [0.5, 0.6) is 0 Å². The number of carbonyl (C=O) groups excluding carboxylic acids is 1. The highest BCUT2D eigenvalue weighted by Crippen LogP contribution is 2.07. The molecule has 0 aliphatic heterocycles. The van der Waals surface area contributed by atoms with Gasteiger partial charge >= 0.3 is 5.97 Å². The summed E-state index contributed by atoms with van der Waals surface area (Å²) in [6.07, 6.45) is 0. The number of ether oxygens (including phenoxy) is 2. The molecule has 1 aromatic rings. The van der Waals surface area contributed by atoms with Gasteiger partial charge in [-0.15, -0.1) is 0 Å². The summed E-state index contributed by atoms with van der Waals surface area (Å²) in [6.45, 7) is 6.14. The monoisotopic (exact) mass is 251 g/mol. The van der Waals surface area contributed by atoms with Crippen molar-refractivity contribution in [2.45, 2.75) is 39.0 Å². The van der Waals surface area contributed by atoms with E-state index in [9.17, 15) is 4.79 Å². The molecule has 0 amide bonds. The van der Waals surface area contributed by atoms with E-state index in [-0.39, 0.29) is 18.8 Å². The third kappa shape index (κ3) is 5.80. The molecular formula is C14H21NO3. The standard InChI is InChI=1S/C14H21NO3/c1-14(2,3)18-10-12(15)13(16)17-9-11-7-5-4-6-8-11/h4-8,12H,9-10,15H2,1-3H3/t12-/m0/s1. The highest BCUT2D eigenvalue weighted by Gasteiger charge is 2.19. The number of esters is 1. The van der Waals surface area contributed by atoms with Crippen molar-refractivity contribution in [1.82, 2.24) is 0 Å². The van der Waals surface area contributed by atoms with Gasteiger partial charge in [0.15, 0.2) is 0 Å². The minimum atomic E-state index is -0.743. The van der Waals surface area contributed by atoms with Gasteiger partial charge in [0.25, 0.3) is 0 Å². The van der Waals surface area contributed by atoms with Gasteiger partial charge in [-0.1, -0.05) is 30.3 Å². The minimum absolute atomic E-state index is 0.164. The van der Waals surface area contributed by atoms with Gasteiger partial charge in [-0.3, -0.25) is 4.79 Å². The van der Waals surface area contributed by atoms with Crippen LogP contribution in [0.1, 0.15) is 26.3 Å². The molecule has 4 heteroatoms. The van der Waals surface area contributed by atoms with E-state index in [0.717, 1.165) is 5.56 Å². The lowest BCUT2D eigenvalue weighted by Crippen LogP contribution is -2.39. The van der Waals surface area contributed by atoms with Crippen LogP contribution < -0.4 is 5.73 Å². The zero-order chi connectivity index (χ0) is 13.6. The van der Waals surface area contributed by atoms with Crippen molar-refractivity contribution in [3.8, 4) is 0 Å².